The predicted molar refractivity (Wildman–Crippen MR) is 90.1 cm³/mol. The van der Waals surface area contributed by atoms with Crippen LogP contribution in [0, 0.1) is 0 Å². The highest BCUT2D eigenvalue weighted by Gasteiger charge is 2.24. The van der Waals surface area contributed by atoms with Gasteiger partial charge in [0.15, 0.2) is 5.76 Å². The van der Waals surface area contributed by atoms with E-state index in [9.17, 15) is 9.90 Å². The summed E-state index contributed by atoms with van der Waals surface area (Å²) < 4.78 is 7.26. The summed E-state index contributed by atoms with van der Waals surface area (Å²) >= 11 is 0. The van der Waals surface area contributed by atoms with Crippen LogP contribution in [0.4, 0.5) is 5.69 Å². The quantitative estimate of drug-likeness (QED) is 0.687. The number of carbonyl (C=O) groups excluding carboxylic acids is 1. The zero-order chi connectivity index (χ0) is 16.5. The number of nitrogens with zero attached hydrogens (tertiary/aromatic N) is 1. The number of rotatable bonds is 4. The number of aromatic nitrogens is 1. The van der Waals surface area contributed by atoms with Crippen molar-refractivity contribution in [3.63, 3.8) is 0 Å². The van der Waals surface area contributed by atoms with E-state index in [1.165, 1.54) is 12.0 Å². The normalized spacial score (nSPS) is 16.6. The van der Waals surface area contributed by atoms with Crippen molar-refractivity contribution < 1.29 is 14.3 Å². The molecule has 24 heavy (non-hydrogen) atoms. The van der Waals surface area contributed by atoms with Gasteiger partial charge in [-0.05, 0) is 43.5 Å². The SMILES string of the molecule is O=C(NCCc1c2c(n3ccccc13)CCC(O)N2)c1ccco1. The van der Waals surface area contributed by atoms with Crippen LogP contribution in [0.15, 0.2) is 47.2 Å². The van der Waals surface area contributed by atoms with Crippen molar-refractivity contribution in [3.05, 3.63) is 59.8 Å². The molecule has 1 atom stereocenters. The van der Waals surface area contributed by atoms with Crippen molar-refractivity contribution in [1.82, 2.24) is 9.72 Å². The molecule has 124 valence electrons. The number of furan rings is 1. The fourth-order valence-corrected chi connectivity index (χ4v) is 3.32. The van der Waals surface area contributed by atoms with Crippen LogP contribution in [0.25, 0.3) is 5.52 Å². The molecule has 3 aromatic heterocycles. The van der Waals surface area contributed by atoms with E-state index >= 15 is 0 Å². The van der Waals surface area contributed by atoms with Gasteiger partial charge in [0.25, 0.3) is 5.91 Å². The van der Waals surface area contributed by atoms with Crippen LogP contribution < -0.4 is 10.6 Å². The van der Waals surface area contributed by atoms with Gasteiger partial charge in [-0.3, -0.25) is 4.79 Å². The molecule has 3 N–H and O–H groups in total. The van der Waals surface area contributed by atoms with E-state index in [4.69, 9.17) is 4.42 Å². The van der Waals surface area contributed by atoms with Crippen LogP contribution in [0.2, 0.25) is 0 Å². The number of anilines is 1. The van der Waals surface area contributed by atoms with Crippen molar-refractivity contribution >= 4 is 17.1 Å². The highest BCUT2D eigenvalue weighted by atomic mass is 16.3. The van der Waals surface area contributed by atoms with Crippen LogP contribution in [0.5, 0.6) is 0 Å². The molecule has 1 unspecified atom stereocenters. The van der Waals surface area contributed by atoms with E-state index in [0.717, 1.165) is 23.2 Å². The number of aliphatic hydroxyl groups excluding tert-OH is 1. The molecular formula is C18H19N3O3. The molecule has 1 aliphatic heterocycles. The second-order valence-corrected chi connectivity index (χ2v) is 5.94. The molecule has 0 saturated carbocycles. The van der Waals surface area contributed by atoms with Gasteiger partial charge in [0.05, 0.1) is 17.5 Å². The van der Waals surface area contributed by atoms with Crippen molar-refractivity contribution in [2.24, 2.45) is 0 Å². The van der Waals surface area contributed by atoms with Gasteiger partial charge in [0.1, 0.15) is 6.23 Å². The monoisotopic (exact) mass is 325 g/mol. The number of fused-ring (bicyclic) bond motifs is 3. The number of carbonyl (C=O) groups is 1. The lowest BCUT2D eigenvalue weighted by atomic mass is 10.1. The molecule has 4 rings (SSSR count). The van der Waals surface area contributed by atoms with Crippen molar-refractivity contribution in [3.8, 4) is 0 Å². The van der Waals surface area contributed by atoms with E-state index < -0.39 is 6.23 Å². The van der Waals surface area contributed by atoms with E-state index in [0.29, 0.717) is 25.1 Å². The summed E-state index contributed by atoms with van der Waals surface area (Å²) in [7, 11) is 0. The standard InChI is InChI=1S/C18H19N3O3/c22-16-7-6-14-17(20-16)12(13-4-1-2-10-21(13)14)8-9-19-18(23)15-5-3-11-24-15/h1-5,10-11,16,20,22H,6-9H2,(H,19,23). The molecule has 0 aromatic carbocycles. The predicted octanol–water partition coefficient (Wildman–Crippen LogP) is 2.18. The zero-order valence-corrected chi connectivity index (χ0v) is 13.2. The van der Waals surface area contributed by atoms with Gasteiger partial charge in [-0.15, -0.1) is 0 Å². The lowest BCUT2D eigenvalue weighted by Crippen LogP contribution is -2.27. The Bertz CT molecular complexity index is 867. The number of aryl methyl sites for hydroxylation is 1. The number of pyridine rings is 1. The van der Waals surface area contributed by atoms with Crippen LogP contribution in [0.1, 0.15) is 28.2 Å². The summed E-state index contributed by atoms with van der Waals surface area (Å²) in [5.74, 6) is 0.0951. The first kappa shape index (κ1) is 14.8. The number of nitrogens with one attached hydrogen (secondary N) is 2. The molecule has 0 spiro atoms. The van der Waals surface area contributed by atoms with Crippen molar-refractivity contribution in [2.45, 2.75) is 25.5 Å². The maximum Gasteiger partial charge on any atom is 0.286 e. The number of amides is 1. The van der Waals surface area contributed by atoms with Crippen molar-refractivity contribution in [1.29, 1.82) is 0 Å². The first-order valence-corrected chi connectivity index (χ1v) is 8.11. The summed E-state index contributed by atoms with van der Waals surface area (Å²) in [5, 5.41) is 16.0. The first-order chi connectivity index (χ1) is 11.7. The molecule has 6 nitrogen and oxygen atoms in total. The van der Waals surface area contributed by atoms with Gasteiger partial charge in [-0.2, -0.15) is 0 Å². The first-order valence-electron chi connectivity index (χ1n) is 8.11. The molecule has 1 aliphatic rings. The minimum atomic E-state index is -0.522. The van der Waals surface area contributed by atoms with Gasteiger partial charge in [0, 0.05) is 24.0 Å². The largest absolute Gasteiger partial charge is 0.459 e. The molecule has 0 fully saturated rings. The number of aliphatic hydroxyl groups is 1. The Morgan fingerprint density at radius 2 is 2.29 bits per heavy atom. The lowest BCUT2D eigenvalue weighted by molar-refractivity contribution is 0.0926. The summed E-state index contributed by atoms with van der Waals surface area (Å²) in [5.41, 5.74) is 4.40. The minimum Gasteiger partial charge on any atom is -0.459 e. The third kappa shape index (κ3) is 2.55. The van der Waals surface area contributed by atoms with Gasteiger partial charge < -0.3 is 24.6 Å². The molecule has 0 aliphatic carbocycles. The molecule has 3 aromatic rings. The molecular weight excluding hydrogens is 306 g/mol. The molecule has 0 bridgehead atoms. The van der Waals surface area contributed by atoms with Crippen LogP contribution in [0.3, 0.4) is 0 Å². The van der Waals surface area contributed by atoms with Gasteiger partial charge in [0.2, 0.25) is 0 Å². The van der Waals surface area contributed by atoms with Gasteiger partial charge in [-0.1, -0.05) is 6.07 Å². The second kappa shape index (κ2) is 6.05. The van der Waals surface area contributed by atoms with Crippen molar-refractivity contribution in [2.75, 3.05) is 11.9 Å². The molecule has 1 amide bonds. The third-order valence-electron chi connectivity index (χ3n) is 4.42. The van der Waals surface area contributed by atoms with E-state index in [-0.39, 0.29) is 5.91 Å². The maximum atomic E-state index is 12.0. The molecule has 6 heteroatoms. The topological polar surface area (TPSA) is 78.9 Å². The highest BCUT2D eigenvalue weighted by Crippen LogP contribution is 2.33. The molecule has 0 radical (unpaired) electrons. The molecule has 4 heterocycles. The van der Waals surface area contributed by atoms with Gasteiger partial charge >= 0.3 is 0 Å². The lowest BCUT2D eigenvalue weighted by Gasteiger charge is -2.21. The summed E-state index contributed by atoms with van der Waals surface area (Å²) in [4.78, 5) is 12.0. The molecule has 0 saturated heterocycles. The Morgan fingerprint density at radius 3 is 3.12 bits per heavy atom. The van der Waals surface area contributed by atoms with E-state index in [2.05, 4.69) is 21.1 Å². The number of hydrogen-bond donors (Lipinski definition) is 3. The Labute approximate surface area is 139 Å². The second-order valence-electron chi connectivity index (χ2n) is 5.94. The fraction of sp³-hybridized carbons (Fsp3) is 0.278. The minimum absolute atomic E-state index is 0.217. The maximum absolute atomic E-state index is 12.0. The third-order valence-corrected chi connectivity index (χ3v) is 4.42. The van der Waals surface area contributed by atoms with Crippen LogP contribution >= 0.6 is 0 Å². The van der Waals surface area contributed by atoms with Crippen LogP contribution in [-0.2, 0) is 12.8 Å². The highest BCUT2D eigenvalue weighted by molar-refractivity contribution is 5.91. The smallest absolute Gasteiger partial charge is 0.286 e. The van der Waals surface area contributed by atoms with Crippen LogP contribution in [-0.4, -0.2) is 28.2 Å². The zero-order valence-electron chi connectivity index (χ0n) is 13.2. The van der Waals surface area contributed by atoms with E-state index in [1.807, 2.05) is 18.3 Å². The summed E-state index contributed by atoms with van der Waals surface area (Å²) in [6, 6.07) is 9.40. The Kier molecular flexibility index (Phi) is 3.74. The Hall–Kier alpha value is -2.73. The van der Waals surface area contributed by atoms with E-state index in [1.54, 1.807) is 12.1 Å². The van der Waals surface area contributed by atoms with Gasteiger partial charge in [-0.25, -0.2) is 0 Å². The average molecular weight is 325 g/mol. The summed E-state index contributed by atoms with van der Waals surface area (Å²) in [6.45, 7) is 0.498. The Morgan fingerprint density at radius 1 is 1.38 bits per heavy atom. The number of hydrogen-bond acceptors (Lipinski definition) is 4. The fourth-order valence-electron chi connectivity index (χ4n) is 3.32. The summed E-state index contributed by atoms with van der Waals surface area (Å²) in [6.07, 6.45) is 5.20. The average Bonchev–Trinajstić information content (AvgIpc) is 3.22. The Balaban J connectivity index is 1.57.